The minimum atomic E-state index is -0.381. The second-order valence-corrected chi connectivity index (χ2v) is 8.17. The highest BCUT2D eigenvalue weighted by Crippen LogP contribution is 2.30. The van der Waals surface area contributed by atoms with Gasteiger partial charge in [-0.2, -0.15) is 0 Å². The van der Waals surface area contributed by atoms with Crippen LogP contribution in [0.15, 0.2) is 67.0 Å². The van der Waals surface area contributed by atoms with Gasteiger partial charge in [-0.15, -0.1) is 0 Å². The fraction of sp³-hybridized carbons (Fsp3) is 0.231. The number of benzene rings is 3. The van der Waals surface area contributed by atoms with Gasteiger partial charge in [0.1, 0.15) is 5.82 Å². The number of aromatic amines is 1. The van der Waals surface area contributed by atoms with Crippen LogP contribution in [0, 0.1) is 5.82 Å². The monoisotopic (exact) mass is 429 g/mol. The molecule has 1 amide bonds. The van der Waals surface area contributed by atoms with Crippen molar-refractivity contribution in [1.82, 2.24) is 14.9 Å². The van der Waals surface area contributed by atoms with Gasteiger partial charge in [-0.1, -0.05) is 24.3 Å². The van der Waals surface area contributed by atoms with Crippen LogP contribution in [0.25, 0.3) is 21.9 Å². The molecule has 1 saturated heterocycles. The summed E-state index contributed by atoms with van der Waals surface area (Å²) in [5, 5.41) is 2.03. The number of piperidine rings is 1. The van der Waals surface area contributed by atoms with Crippen LogP contribution in [0.2, 0.25) is 0 Å². The maximum Gasteiger partial charge on any atom is 0.253 e. The Morgan fingerprint density at radius 2 is 1.75 bits per heavy atom. The van der Waals surface area contributed by atoms with Crippen molar-refractivity contribution in [2.45, 2.75) is 18.8 Å². The van der Waals surface area contributed by atoms with Crippen molar-refractivity contribution in [3.63, 3.8) is 0 Å². The lowest BCUT2D eigenvalue weighted by atomic mass is 9.95. The zero-order chi connectivity index (χ0) is 22.1. The number of hydrogen-bond donors (Lipinski definition) is 1. The van der Waals surface area contributed by atoms with E-state index in [9.17, 15) is 9.18 Å². The van der Waals surface area contributed by atoms with Gasteiger partial charge in [-0.25, -0.2) is 9.37 Å². The van der Waals surface area contributed by atoms with Crippen LogP contribution in [0.4, 0.5) is 4.39 Å². The number of halogens is 1. The van der Waals surface area contributed by atoms with Crippen LogP contribution in [-0.4, -0.2) is 41.0 Å². The van der Waals surface area contributed by atoms with Crippen molar-refractivity contribution in [2.24, 2.45) is 0 Å². The molecule has 3 aromatic carbocycles. The molecule has 5 rings (SSSR count). The number of carbonyl (C=O) groups excluding carboxylic acids is 1. The molecule has 0 saturated carbocycles. The summed E-state index contributed by atoms with van der Waals surface area (Å²) in [6, 6.07) is 16.7. The first-order valence-electron chi connectivity index (χ1n) is 10.8. The minimum absolute atomic E-state index is 0.0668. The predicted molar refractivity (Wildman–Crippen MR) is 122 cm³/mol. The van der Waals surface area contributed by atoms with E-state index in [4.69, 9.17) is 4.74 Å². The number of nitrogens with one attached hydrogen (secondary N) is 1. The Morgan fingerprint density at radius 3 is 2.50 bits per heavy atom. The van der Waals surface area contributed by atoms with E-state index in [1.807, 2.05) is 47.5 Å². The predicted octanol–water partition coefficient (Wildman–Crippen LogP) is 5.40. The van der Waals surface area contributed by atoms with Crippen molar-refractivity contribution in [1.29, 1.82) is 0 Å². The van der Waals surface area contributed by atoms with E-state index in [2.05, 4.69) is 9.97 Å². The van der Waals surface area contributed by atoms with Gasteiger partial charge in [-0.3, -0.25) is 4.79 Å². The molecule has 6 heteroatoms. The molecule has 0 aliphatic carbocycles. The summed E-state index contributed by atoms with van der Waals surface area (Å²) in [5.74, 6) is 1.30. The highest BCUT2D eigenvalue weighted by molar-refractivity contribution is 5.99. The third kappa shape index (κ3) is 3.84. The number of aromatic nitrogens is 2. The number of carbonyl (C=O) groups is 1. The topological polar surface area (TPSA) is 58.2 Å². The van der Waals surface area contributed by atoms with Gasteiger partial charge >= 0.3 is 0 Å². The third-order valence-electron chi connectivity index (χ3n) is 6.26. The van der Waals surface area contributed by atoms with Crippen molar-refractivity contribution >= 4 is 16.7 Å². The van der Waals surface area contributed by atoms with Gasteiger partial charge in [0.05, 0.1) is 7.11 Å². The molecule has 0 bridgehead atoms. The smallest absolute Gasteiger partial charge is 0.253 e. The van der Waals surface area contributed by atoms with Gasteiger partial charge in [-0.05, 0) is 65.1 Å². The molecular formula is C26H24FN3O2. The van der Waals surface area contributed by atoms with E-state index < -0.39 is 0 Å². The lowest BCUT2D eigenvalue weighted by Gasteiger charge is -2.31. The summed E-state index contributed by atoms with van der Waals surface area (Å²) in [4.78, 5) is 22.6. The normalized spacial score (nSPS) is 14.6. The van der Waals surface area contributed by atoms with E-state index in [1.165, 1.54) is 13.2 Å². The number of amides is 1. The number of fused-ring (bicyclic) bond motifs is 1. The number of likely N-dealkylation sites (tertiary alicyclic amines) is 1. The Labute approximate surface area is 185 Å². The standard InChI is InChI=1S/C26H24FN3O2/c1-32-24-16-21(6-7-23(24)27)19-2-3-20-15-22(5-4-18(20)14-19)26(31)30-12-8-17(9-13-30)25-28-10-11-29-25/h2-7,10-11,14-17H,8-9,12-13H2,1H3,(H,28,29). The first-order valence-corrected chi connectivity index (χ1v) is 10.8. The van der Waals surface area contributed by atoms with Gasteiger partial charge in [0, 0.05) is 37.0 Å². The molecule has 0 spiro atoms. The second kappa shape index (κ2) is 8.46. The molecule has 1 fully saturated rings. The molecule has 5 nitrogen and oxygen atoms in total. The molecule has 0 atom stereocenters. The molecule has 1 aliphatic rings. The number of nitrogens with zero attached hydrogens (tertiary/aromatic N) is 2. The van der Waals surface area contributed by atoms with Gasteiger partial charge in [0.15, 0.2) is 11.6 Å². The Morgan fingerprint density at radius 1 is 1.03 bits per heavy atom. The Kier molecular flexibility index (Phi) is 5.35. The Balaban J connectivity index is 1.34. The third-order valence-corrected chi connectivity index (χ3v) is 6.26. The number of hydrogen-bond acceptors (Lipinski definition) is 3. The molecule has 0 unspecified atom stereocenters. The second-order valence-electron chi connectivity index (χ2n) is 8.17. The zero-order valence-corrected chi connectivity index (χ0v) is 17.8. The number of ether oxygens (including phenoxy) is 1. The molecule has 1 aromatic heterocycles. The van der Waals surface area contributed by atoms with Crippen LogP contribution >= 0.6 is 0 Å². The van der Waals surface area contributed by atoms with Crippen LogP contribution in [0.5, 0.6) is 5.75 Å². The van der Waals surface area contributed by atoms with Gasteiger partial charge in [0.2, 0.25) is 0 Å². The van der Waals surface area contributed by atoms with Gasteiger partial charge < -0.3 is 14.6 Å². The molecule has 162 valence electrons. The molecule has 1 aliphatic heterocycles. The van der Waals surface area contributed by atoms with Crippen LogP contribution in [-0.2, 0) is 0 Å². The summed E-state index contributed by atoms with van der Waals surface area (Å²) < 4.78 is 18.8. The van der Waals surface area contributed by atoms with Crippen LogP contribution in [0.1, 0.15) is 34.9 Å². The lowest BCUT2D eigenvalue weighted by molar-refractivity contribution is 0.0711. The fourth-order valence-corrected chi connectivity index (χ4v) is 4.44. The van der Waals surface area contributed by atoms with E-state index in [1.54, 1.807) is 18.3 Å². The quantitative estimate of drug-likeness (QED) is 0.473. The molecular weight excluding hydrogens is 405 g/mol. The number of rotatable bonds is 4. The highest BCUT2D eigenvalue weighted by Gasteiger charge is 2.25. The van der Waals surface area contributed by atoms with Crippen LogP contribution < -0.4 is 4.74 Å². The average molecular weight is 429 g/mol. The summed E-state index contributed by atoms with van der Waals surface area (Å²) in [6.45, 7) is 1.46. The molecule has 32 heavy (non-hydrogen) atoms. The number of H-pyrrole nitrogens is 1. The number of imidazole rings is 1. The Hall–Kier alpha value is -3.67. The lowest BCUT2D eigenvalue weighted by Crippen LogP contribution is -2.38. The van der Waals surface area contributed by atoms with Crippen molar-refractivity contribution in [3.8, 4) is 16.9 Å². The maximum absolute atomic E-state index is 13.7. The van der Waals surface area contributed by atoms with Gasteiger partial charge in [0.25, 0.3) is 5.91 Å². The van der Waals surface area contributed by atoms with E-state index in [-0.39, 0.29) is 17.5 Å². The highest BCUT2D eigenvalue weighted by atomic mass is 19.1. The SMILES string of the molecule is COc1cc(-c2ccc3cc(C(=O)N4CCC(c5ncc[nH]5)CC4)ccc3c2)ccc1F. The molecule has 2 heterocycles. The summed E-state index contributed by atoms with van der Waals surface area (Å²) in [7, 11) is 1.46. The van der Waals surface area contributed by atoms with E-state index in [0.717, 1.165) is 53.7 Å². The zero-order valence-electron chi connectivity index (χ0n) is 17.8. The Bertz CT molecular complexity index is 1260. The van der Waals surface area contributed by atoms with Crippen molar-refractivity contribution < 1.29 is 13.9 Å². The molecule has 0 radical (unpaired) electrons. The van der Waals surface area contributed by atoms with Crippen molar-refractivity contribution in [2.75, 3.05) is 20.2 Å². The minimum Gasteiger partial charge on any atom is -0.494 e. The summed E-state index contributed by atoms with van der Waals surface area (Å²) in [6.07, 6.45) is 5.45. The maximum atomic E-state index is 13.7. The molecule has 1 N–H and O–H groups in total. The molecule has 4 aromatic rings. The largest absolute Gasteiger partial charge is 0.494 e. The summed E-state index contributed by atoms with van der Waals surface area (Å²) >= 11 is 0. The summed E-state index contributed by atoms with van der Waals surface area (Å²) in [5.41, 5.74) is 2.55. The van der Waals surface area contributed by atoms with Crippen molar-refractivity contribution in [3.05, 3.63) is 84.2 Å². The first-order chi connectivity index (χ1) is 15.6. The number of methoxy groups -OCH3 is 1. The first kappa shape index (κ1) is 20.2. The van der Waals surface area contributed by atoms with Crippen LogP contribution in [0.3, 0.4) is 0 Å². The van der Waals surface area contributed by atoms with E-state index >= 15 is 0 Å². The van der Waals surface area contributed by atoms with E-state index in [0.29, 0.717) is 11.5 Å². The fourth-order valence-electron chi connectivity index (χ4n) is 4.44. The average Bonchev–Trinajstić information content (AvgIpc) is 3.38.